The third-order valence-electron chi connectivity index (χ3n) is 3.89. The van der Waals surface area contributed by atoms with E-state index < -0.39 is 0 Å². The molecule has 19 heavy (non-hydrogen) atoms. The van der Waals surface area contributed by atoms with Crippen molar-refractivity contribution in [1.29, 1.82) is 0 Å². The first-order valence-corrected chi connectivity index (χ1v) is 7.31. The number of aryl methyl sites for hydroxylation is 3. The molecule has 0 saturated carbocycles. The van der Waals surface area contributed by atoms with Crippen LogP contribution in [-0.4, -0.2) is 6.54 Å². The molecule has 3 rings (SSSR count). The molecule has 0 unspecified atom stereocenters. The van der Waals surface area contributed by atoms with Crippen LogP contribution in [0.25, 0.3) is 0 Å². The minimum Gasteiger partial charge on any atom is -0.385 e. The van der Waals surface area contributed by atoms with E-state index in [0.717, 1.165) is 6.54 Å². The molecule has 0 saturated heterocycles. The molecule has 1 N–H and O–H groups in total. The van der Waals surface area contributed by atoms with Crippen LogP contribution in [0.1, 0.15) is 29.5 Å². The molecule has 2 aromatic rings. The number of rotatable bonds is 4. The summed E-state index contributed by atoms with van der Waals surface area (Å²) >= 11 is 0. The van der Waals surface area contributed by atoms with Gasteiger partial charge in [-0.3, -0.25) is 0 Å². The number of nitrogens with one attached hydrogen (secondary N) is 1. The number of fused-ring (bicyclic) bond motifs is 1. The first-order chi connectivity index (χ1) is 9.42. The predicted molar refractivity (Wildman–Crippen MR) is 81.7 cm³/mol. The summed E-state index contributed by atoms with van der Waals surface area (Å²) in [5.41, 5.74) is 5.75. The van der Waals surface area contributed by atoms with Crippen molar-refractivity contribution >= 4 is 5.69 Å². The van der Waals surface area contributed by atoms with E-state index in [1.54, 1.807) is 0 Å². The third kappa shape index (κ3) is 3.17. The first kappa shape index (κ1) is 12.3. The Kier molecular flexibility index (Phi) is 3.83. The van der Waals surface area contributed by atoms with Gasteiger partial charge >= 0.3 is 0 Å². The van der Waals surface area contributed by atoms with Gasteiger partial charge in [-0.1, -0.05) is 42.5 Å². The van der Waals surface area contributed by atoms with Crippen LogP contribution in [0.4, 0.5) is 5.69 Å². The molecule has 1 heteroatoms. The highest BCUT2D eigenvalue weighted by molar-refractivity contribution is 5.54. The summed E-state index contributed by atoms with van der Waals surface area (Å²) in [6, 6.07) is 17.7. The van der Waals surface area contributed by atoms with E-state index in [2.05, 4.69) is 53.8 Å². The van der Waals surface area contributed by atoms with Gasteiger partial charge in [-0.05, 0) is 54.9 Å². The maximum atomic E-state index is 3.51. The third-order valence-corrected chi connectivity index (χ3v) is 3.89. The summed E-state index contributed by atoms with van der Waals surface area (Å²) in [4.78, 5) is 0. The molecule has 1 aliphatic heterocycles. The monoisotopic (exact) mass is 251 g/mol. The molecule has 2 aromatic carbocycles. The Morgan fingerprint density at radius 3 is 2.63 bits per heavy atom. The fourth-order valence-corrected chi connectivity index (χ4v) is 2.80. The zero-order valence-electron chi connectivity index (χ0n) is 11.4. The van der Waals surface area contributed by atoms with Crippen LogP contribution in [0.3, 0.4) is 0 Å². The molecule has 0 radical (unpaired) electrons. The van der Waals surface area contributed by atoms with E-state index in [1.165, 1.54) is 54.5 Å². The lowest BCUT2D eigenvalue weighted by Crippen LogP contribution is -2.11. The second-order valence-electron chi connectivity index (χ2n) is 5.36. The summed E-state index contributed by atoms with van der Waals surface area (Å²) in [5, 5.41) is 3.51. The highest BCUT2D eigenvalue weighted by Gasteiger charge is 2.08. The van der Waals surface area contributed by atoms with Crippen molar-refractivity contribution in [3.63, 3.8) is 0 Å². The van der Waals surface area contributed by atoms with Gasteiger partial charge in [0.25, 0.3) is 0 Å². The summed E-state index contributed by atoms with van der Waals surface area (Å²) < 4.78 is 0. The molecule has 0 atom stereocenters. The zero-order chi connectivity index (χ0) is 12.9. The molecule has 0 aromatic heterocycles. The fourth-order valence-electron chi connectivity index (χ4n) is 2.80. The molecule has 0 amide bonds. The van der Waals surface area contributed by atoms with Crippen LogP contribution in [0.5, 0.6) is 0 Å². The summed E-state index contributed by atoms with van der Waals surface area (Å²) in [7, 11) is 0. The van der Waals surface area contributed by atoms with Crippen molar-refractivity contribution < 1.29 is 0 Å². The molecule has 1 heterocycles. The van der Waals surface area contributed by atoms with E-state index >= 15 is 0 Å². The predicted octanol–water partition coefficient (Wildman–Crippen LogP) is 4.22. The second-order valence-corrected chi connectivity index (χ2v) is 5.36. The molecule has 1 nitrogen and oxygen atoms in total. The lowest BCUT2D eigenvalue weighted by Gasteiger charge is -2.18. The summed E-state index contributed by atoms with van der Waals surface area (Å²) in [6.45, 7) is 1.13. The number of anilines is 1. The van der Waals surface area contributed by atoms with Crippen LogP contribution in [0.15, 0.2) is 48.5 Å². The standard InChI is InChI=1S/C18H21N/c1-2-6-15(7-3-1)8-4-9-16-11-12-17-10-5-13-19-18(17)14-16/h1-3,6-7,11-12,14,19H,4-5,8-10,13H2. The topological polar surface area (TPSA) is 12.0 Å². The fraction of sp³-hybridized carbons (Fsp3) is 0.333. The van der Waals surface area contributed by atoms with Crippen LogP contribution in [0, 0.1) is 0 Å². The van der Waals surface area contributed by atoms with Gasteiger partial charge in [-0.15, -0.1) is 0 Å². The molecular weight excluding hydrogens is 230 g/mol. The van der Waals surface area contributed by atoms with E-state index in [0.29, 0.717) is 0 Å². The van der Waals surface area contributed by atoms with Crippen LogP contribution < -0.4 is 5.32 Å². The minimum absolute atomic E-state index is 1.13. The van der Waals surface area contributed by atoms with Gasteiger partial charge in [0.2, 0.25) is 0 Å². The highest BCUT2D eigenvalue weighted by atomic mass is 14.9. The molecule has 0 fully saturated rings. The average molecular weight is 251 g/mol. The Bertz CT molecular complexity index is 531. The van der Waals surface area contributed by atoms with Crippen LogP contribution >= 0.6 is 0 Å². The van der Waals surface area contributed by atoms with Gasteiger partial charge in [0.05, 0.1) is 0 Å². The molecule has 1 aliphatic rings. The lowest BCUT2D eigenvalue weighted by molar-refractivity contribution is 0.808. The largest absolute Gasteiger partial charge is 0.385 e. The van der Waals surface area contributed by atoms with Crippen molar-refractivity contribution in [1.82, 2.24) is 0 Å². The van der Waals surface area contributed by atoms with Gasteiger partial charge in [0, 0.05) is 12.2 Å². The van der Waals surface area contributed by atoms with Crippen LogP contribution in [-0.2, 0) is 19.3 Å². The summed E-state index contributed by atoms with van der Waals surface area (Å²) in [5.74, 6) is 0. The quantitative estimate of drug-likeness (QED) is 0.858. The Morgan fingerprint density at radius 1 is 0.895 bits per heavy atom. The first-order valence-electron chi connectivity index (χ1n) is 7.31. The van der Waals surface area contributed by atoms with Gasteiger partial charge in [0.15, 0.2) is 0 Å². The minimum atomic E-state index is 1.13. The van der Waals surface area contributed by atoms with Crippen molar-refractivity contribution in [2.24, 2.45) is 0 Å². The highest BCUT2D eigenvalue weighted by Crippen LogP contribution is 2.23. The van der Waals surface area contributed by atoms with E-state index in [9.17, 15) is 0 Å². The molecule has 0 bridgehead atoms. The molecular formula is C18H21N. The second kappa shape index (κ2) is 5.92. The Labute approximate surface area is 115 Å². The normalized spacial score (nSPS) is 13.7. The molecule has 0 spiro atoms. The van der Waals surface area contributed by atoms with Gasteiger partial charge in [0.1, 0.15) is 0 Å². The SMILES string of the molecule is c1ccc(CCCc2ccc3c(c2)NCCC3)cc1. The van der Waals surface area contributed by atoms with Gasteiger partial charge < -0.3 is 5.32 Å². The number of hydrogen-bond donors (Lipinski definition) is 1. The number of benzene rings is 2. The van der Waals surface area contributed by atoms with Gasteiger partial charge in [-0.25, -0.2) is 0 Å². The molecule has 0 aliphatic carbocycles. The van der Waals surface area contributed by atoms with Crippen molar-refractivity contribution in [2.75, 3.05) is 11.9 Å². The van der Waals surface area contributed by atoms with Crippen molar-refractivity contribution in [2.45, 2.75) is 32.1 Å². The average Bonchev–Trinajstić information content (AvgIpc) is 2.48. The van der Waals surface area contributed by atoms with E-state index in [-0.39, 0.29) is 0 Å². The maximum Gasteiger partial charge on any atom is 0.0375 e. The smallest absolute Gasteiger partial charge is 0.0375 e. The van der Waals surface area contributed by atoms with Gasteiger partial charge in [-0.2, -0.15) is 0 Å². The van der Waals surface area contributed by atoms with Crippen molar-refractivity contribution in [3.8, 4) is 0 Å². The number of hydrogen-bond acceptors (Lipinski definition) is 1. The maximum absolute atomic E-state index is 3.51. The molecule has 98 valence electrons. The Morgan fingerprint density at radius 2 is 1.74 bits per heavy atom. The zero-order valence-corrected chi connectivity index (χ0v) is 11.4. The van der Waals surface area contributed by atoms with Crippen molar-refractivity contribution in [3.05, 3.63) is 65.2 Å². The Hall–Kier alpha value is -1.76. The van der Waals surface area contributed by atoms with Crippen LogP contribution in [0.2, 0.25) is 0 Å². The Balaban J connectivity index is 1.58. The van der Waals surface area contributed by atoms with E-state index in [1.807, 2.05) is 0 Å². The van der Waals surface area contributed by atoms with E-state index in [4.69, 9.17) is 0 Å². The summed E-state index contributed by atoms with van der Waals surface area (Å²) in [6.07, 6.45) is 6.06. The lowest BCUT2D eigenvalue weighted by atomic mass is 9.98.